The van der Waals surface area contributed by atoms with Gasteiger partial charge in [-0.1, -0.05) is 37.3 Å². The average molecular weight is 295 g/mol. The molecule has 2 aromatic rings. The zero-order chi connectivity index (χ0) is 15.5. The minimum absolute atomic E-state index is 0.0589. The molecule has 1 amide bonds. The molecule has 4 heteroatoms. The van der Waals surface area contributed by atoms with Gasteiger partial charge < -0.3 is 4.90 Å². The minimum Gasteiger partial charge on any atom is -0.338 e. The standard InChI is InChI=1S/C18H21N3O/c1-13-7-6-10-21(12-13)18(22)16-11-19-17(20-14(16)2)15-8-4-3-5-9-15/h3-5,8-9,11,13H,6-7,10,12H2,1-2H3. The third-order valence-corrected chi connectivity index (χ3v) is 4.19. The van der Waals surface area contributed by atoms with Crippen LogP contribution in [0.4, 0.5) is 0 Å². The fourth-order valence-electron chi connectivity index (χ4n) is 2.95. The first kappa shape index (κ1) is 14.7. The summed E-state index contributed by atoms with van der Waals surface area (Å²) in [7, 11) is 0. The van der Waals surface area contributed by atoms with E-state index in [9.17, 15) is 4.79 Å². The predicted molar refractivity (Wildman–Crippen MR) is 86.5 cm³/mol. The first-order valence-corrected chi connectivity index (χ1v) is 7.83. The van der Waals surface area contributed by atoms with Crippen molar-refractivity contribution in [2.24, 2.45) is 5.92 Å². The monoisotopic (exact) mass is 295 g/mol. The fraction of sp³-hybridized carbons (Fsp3) is 0.389. The highest BCUT2D eigenvalue weighted by molar-refractivity contribution is 5.95. The second kappa shape index (κ2) is 6.26. The number of benzene rings is 1. The predicted octanol–water partition coefficient (Wildman–Crippen LogP) is 3.32. The summed E-state index contributed by atoms with van der Waals surface area (Å²) in [6.07, 6.45) is 3.95. The van der Waals surface area contributed by atoms with Crippen LogP contribution in [0, 0.1) is 12.8 Å². The molecule has 1 unspecified atom stereocenters. The summed E-state index contributed by atoms with van der Waals surface area (Å²) in [4.78, 5) is 23.5. The van der Waals surface area contributed by atoms with Crippen molar-refractivity contribution < 1.29 is 4.79 Å². The third-order valence-electron chi connectivity index (χ3n) is 4.19. The molecule has 1 fully saturated rings. The zero-order valence-electron chi connectivity index (χ0n) is 13.1. The summed E-state index contributed by atoms with van der Waals surface area (Å²) in [6.45, 7) is 5.75. The van der Waals surface area contributed by atoms with Gasteiger partial charge in [-0.2, -0.15) is 0 Å². The lowest BCUT2D eigenvalue weighted by atomic mass is 9.99. The van der Waals surface area contributed by atoms with Crippen molar-refractivity contribution in [3.8, 4) is 11.4 Å². The van der Waals surface area contributed by atoms with Gasteiger partial charge in [0.25, 0.3) is 5.91 Å². The van der Waals surface area contributed by atoms with Crippen LogP contribution in [0.2, 0.25) is 0 Å². The van der Waals surface area contributed by atoms with Gasteiger partial charge in [0.1, 0.15) is 0 Å². The number of amides is 1. The first-order chi connectivity index (χ1) is 10.6. The third kappa shape index (κ3) is 3.01. The fourth-order valence-corrected chi connectivity index (χ4v) is 2.95. The van der Waals surface area contributed by atoms with E-state index in [1.54, 1.807) is 6.20 Å². The zero-order valence-corrected chi connectivity index (χ0v) is 13.1. The number of hydrogen-bond acceptors (Lipinski definition) is 3. The molecule has 1 aliphatic heterocycles. The van der Waals surface area contributed by atoms with Crippen LogP contribution in [-0.4, -0.2) is 33.9 Å². The van der Waals surface area contributed by atoms with E-state index in [4.69, 9.17) is 0 Å². The van der Waals surface area contributed by atoms with Crippen LogP contribution in [0.3, 0.4) is 0 Å². The number of aryl methyl sites for hydroxylation is 1. The second-order valence-electron chi connectivity index (χ2n) is 6.06. The number of piperidine rings is 1. The molecule has 0 radical (unpaired) electrons. The van der Waals surface area contributed by atoms with Crippen molar-refractivity contribution in [1.82, 2.24) is 14.9 Å². The Morgan fingerprint density at radius 3 is 2.73 bits per heavy atom. The minimum atomic E-state index is 0.0589. The van der Waals surface area contributed by atoms with Crippen molar-refractivity contribution in [2.45, 2.75) is 26.7 Å². The Morgan fingerprint density at radius 1 is 1.27 bits per heavy atom. The molecule has 114 valence electrons. The Balaban J connectivity index is 1.84. The summed E-state index contributed by atoms with van der Waals surface area (Å²) in [5.41, 5.74) is 2.34. The lowest BCUT2D eigenvalue weighted by Crippen LogP contribution is -2.39. The van der Waals surface area contributed by atoms with Crippen LogP contribution in [0.25, 0.3) is 11.4 Å². The number of carbonyl (C=O) groups is 1. The molecule has 0 saturated carbocycles. The van der Waals surface area contributed by atoms with Crippen LogP contribution < -0.4 is 0 Å². The highest BCUT2D eigenvalue weighted by Gasteiger charge is 2.24. The van der Waals surface area contributed by atoms with E-state index in [1.165, 1.54) is 6.42 Å². The maximum absolute atomic E-state index is 12.7. The van der Waals surface area contributed by atoms with Crippen molar-refractivity contribution in [3.63, 3.8) is 0 Å². The Labute approximate surface area is 131 Å². The van der Waals surface area contributed by atoms with E-state index in [0.717, 1.165) is 30.8 Å². The van der Waals surface area contributed by atoms with Crippen LogP contribution in [0.1, 0.15) is 35.8 Å². The molecule has 1 aliphatic rings. The van der Waals surface area contributed by atoms with Crippen LogP contribution in [-0.2, 0) is 0 Å². The quantitative estimate of drug-likeness (QED) is 0.853. The number of likely N-dealkylation sites (tertiary alicyclic amines) is 1. The van der Waals surface area contributed by atoms with Crippen LogP contribution in [0.5, 0.6) is 0 Å². The van der Waals surface area contributed by atoms with Gasteiger partial charge in [-0.15, -0.1) is 0 Å². The van der Waals surface area contributed by atoms with E-state index in [1.807, 2.05) is 42.2 Å². The molecule has 0 bridgehead atoms. The van der Waals surface area contributed by atoms with Crippen LogP contribution in [0.15, 0.2) is 36.5 Å². The molecular formula is C18H21N3O. The van der Waals surface area contributed by atoms with Gasteiger partial charge in [0, 0.05) is 24.8 Å². The van der Waals surface area contributed by atoms with Gasteiger partial charge >= 0.3 is 0 Å². The normalized spacial score (nSPS) is 18.3. The van der Waals surface area contributed by atoms with Crippen molar-refractivity contribution in [3.05, 3.63) is 47.8 Å². The summed E-state index contributed by atoms with van der Waals surface area (Å²) in [5.74, 6) is 1.30. The number of hydrogen-bond donors (Lipinski definition) is 0. The second-order valence-corrected chi connectivity index (χ2v) is 6.06. The number of aromatic nitrogens is 2. The number of nitrogens with zero attached hydrogens (tertiary/aromatic N) is 3. The van der Waals surface area contributed by atoms with Crippen molar-refractivity contribution in [1.29, 1.82) is 0 Å². The Morgan fingerprint density at radius 2 is 2.05 bits per heavy atom. The first-order valence-electron chi connectivity index (χ1n) is 7.83. The van der Waals surface area contributed by atoms with E-state index in [-0.39, 0.29) is 5.91 Å². The summed E-state index contributed by atoms with van der Waals surface area (Å²) >= 11 is 0. The molecule has 0 aliphatic carbocycles. The average Bonchev–Trinajstić information content (AvgIpc) is 2.55. The molecular weight excluding hydrogens is 274 g/mol. The summed E-state index contributed by atoms with van der Waals surface area (Å²) in [5, 5.41) is 0. The Kier molecular flexibility index (Phi) is 4.18. The van der Waals surface area contributed by atoms with Gasteiger partial charge in [0.15, 0.2) is 5.82 Å². The van der Waals surface area contributed by atoms with Crippen LogP contribution >= 0.6 is 0 Å². The van der Waals surface area contributed by atoms with E-state index >= 15 is 0 Å². The maximum atomic E-state index is 12.7. The molecule has 0 N–H and O–H groups in total. The molecule has 1 atom stereocenters. The lowest BCUT2D eigenvalue weighted by Gasteiger charge is -2.31. The van der Waals surface area contributed by atoms with Gasteiger partial charge in [0.05, 0.1) is 11.3 Å². The molecule has 1 aromatic heterocycles. The molecule has 1 saturated heterocycles. The molecule has 1 aromatic carbocycles. The molecule has 4 nitrogen and oxygen atoms in total. The Bertz CT molecular complexity index is 669. The number of carbonyl (C=O) groups excluding carboxylic acids is 1. The van der Waals surface area contributed by atoms with Crippen molar-refractivity contribution in [2.75, 3.05) is 13.1 Å². The van der Waals surface area contributed by atoms with Gasteiger partial charge in [-0.3, -0.25) is 4.79 Å². The van der Waals surface area contributed by atoms with Gasteiger partial charge in [-0.25, -0.2) is 9.97 Å². The molecule has 2 heterocycles. The molecule has 0 spiro atoms. The SMILES string of the molecule is Cc1nc(-c2ccccc2)ncc1C(=O)N1CCCC(C)C1. The largest absolute Gasteiger partial charge is 0.338 e. The maximum Gasteiger partial charge on any atom is 0.257 e. The lowest BCUT2D eigenvalue weighted by molar-refractivity contribution is 0.0681. The van der Waals surface area contributed by atoms with Gasteiger partial charge in [0.2, 0.25) is 0 Å². The topological polar surface area (TPSA) is 46.1 Å². The Hall–Kier alpha value is -2.23. The number of rotatable bonds is 2. The molecule has 3 rings (SSSR count). The van der Waals surface area contributed by atoms with Crippen molar-refractivity contribution >= 4 is 5.91 Å². The molecule has 22 heavy (non-hydrogen) atoms. The summed E-state index contributed by atoms with van der Waals surface area (Å²) < 4.78 is 0. The van der Waals surface area contributed by atoms with E-state index < -0.39 is 0 Å². The summed E-state index contributed by atoms with van der Waals surface area (Å²) in [6, 6.07) is 9.83. The smallest absolute Gasteiger partial charge is 0.257 e. The van der Waals surface area contributed by atoms with E-state index in [2.05, 4.69) is 16.9 Å². The van der Waals surface area contributed by atoms with Gasteiger partial charge in [-0.05, 0) is 25.7 Å². The van der Waals surface area contributed by atoms with E-state index in [0.29, 0.717) is 17.3 Å². The highest BCUT2D eigenvalue weighted by Crippen LogP contribution is 2.20. The highest BCUT2D eigenvalue weighted by atomic mass is 16.2.